The van der Waals surface area contributed by atoms with E-state index in [1.165, 1.54) is 0 Å². The first-order chi connectivity index (χ1) is 11.1. The molecule has 2 rings (SSSR count). The van der Waals surface area contributed by atoms with Gasteiger partial charge in [-0.2, -0.15) is 5.26 Å². The van der Waals surface area contributed by atoms with Gasteiger partial charge in [-0.05, 0) is 48.4 Å². The highest BCUT2D eigenvalue weighted by atomic mass is 35.5. The average molecular weight is 329 g/mol. The molecule has 0 aliphatic rings. The third-order valence-electron chi connectivity index (χ3n) is 3.26. The Morgan fingerprint density at radius 3 is 2.43 bits per heavy atom. The largest absolute Gasteiger partial charge is 0.481 e. The van der Waals surface area contributed by atoms with Crippen LogP contribution in [-0.4, -0.2) is 12.0 Å². The van der Waals surface area contributed by atoms with Crippen molar-refractivity contribution in [3.8, 4) is 11.8 Å². The van der Waals surface area contributed by atoms with E-state index in [1.807, 2.05) is 19.1 Å². The molecule has 0 aliphatic carbocycles. The van der Waals surface area contributed by atoms with Crippen molar-refractivity contribution in [2.75, 3.05) is 5.32 Å². The number of ether oxygens (including phenoxy) is 1. The summed E-state index contributed by atoms with van der Waals surface area (Å²) in [6.45, 7) is 1.89. The van der Waals surface area contributed by atoms with Crippen molar-refractivity contribution < 1.29 is 9.53 Å². The smallest absolute Gasteiger partial charge is 0.265 e. The van der Waals surface area contributed by atoms with E-state index >= 15 is 0 Å². The highest BCUT2D eigenvalue weighted by Crippen LogP contribution is 2.18. The maximum atomic E-state index is 12.3. The number of nitrogens with one attached hydrogen (secondary N) is 1. The van der Waals surface area contributed by atoms with Crippen LogP contribution in [-0.2, 0) is 11.2 Å². The fourth-order valence-corrected chi connectivity index (χ4v) is 2.15. The van der Waals surface area contributed by atoms with E-state index in [9.17, 15) is 4.79 Å². The molecule has 0 saturated carbocycles. The first kappa shape index (κ1) is 16.9. The van der Waals surface area contributed by atoms with Crippen molar-refractivity contribution in [1.82, 2.24) is 0 Å². The lowest BCUT2D eigenvalue weighted by molar-refractivity contribution is -0.122. The Balaban J connectivity index is 1.99. The van der Waals surface area contributed by atoms with Crippen LogP contribution in [0.4, 0.5) is 5.69 Å². The lowest BCUT2D eigenvalue weighted by Gasteiger charge is -2.17. The Labute approximate surface area is 140 Å². The maximum Gasteiger partial charge on any atom is 0.265 e. The van der Waals surface area contributed by atoms with Gasteiger partial charge in [-0.1, -0.05) is 30.7 Å². The number of carbonyl (C=O) groups excluding carboxylic acids is 1. The van der Waals surface area contributed by atoms with Gasteiger partial charge >= 0.3 is 0 Å². The summed E-state index contributed by atoms with van der Waals surface area (Å²) in [5.74, 6) is 0.385. The molecule has 0 fully saturated rings. The van der Waals surface area contributed by atoms with Gasteiger partial charge in [0.25, 0.3) is 5.91 Å². The van der Waals surface area contributed by atoms with Crippen LogP contribution in [0.2, 0.25) is 5.02 Å². The van der Waals surface area contributed by atoms with E-state index in [1.54, 1.807) is 36.4 Å². The summed E-state index contributed by atoms with van der Waals surface area (Å²) in [6.07, 6.45) is 0.307. The minimum Gasteiger partial charge on any atom is -0.481 e. The fourth-order valence-electron chi connectivity index (χ4n) is 2.02. The second-order valence-electron chi connectivity index (χ2n) is 4.99. The molecule has 0 bridgehead atoms. The SMILES string of the molecule is CC[C@H](Oc1ccc(Cl)cc1)C(=O)Nc1ccc(CC#N)cc1. The number of halogens is 1. The van der Waals surface area contributed by atoms with Crippen molar-refractivity contribution in [1.29, 1.82) is 5.26 Å². The second-order valence-corrected chi connectivity index (χ2v) is 5.43. The molecule has 0 unspecified atom stereocenters. The Morgan fingerprint density at radius 2 is 1.87 bits per heavy atom. The van der Waals surface area contributed by atoms with Crippen LogP contribution in [0.25, 0.3) is 0 Å². The second kappa shape index (κ2) is 8.21. The van der Waals surface area contributed by atoms with E-state index in [0.717, 1.165) is 5.56 Å². The molecule has 23 heavy (non-hydrogen) atoms. The molecule has 1 amide bonds. The number of rotatable bonds is 6. The molecule has 0 aromatic heterocycles. The summed E-state index contributed by atoms with van der Waals surface area (Å²) in [7, 11) is 0. The lowest BCUT2D eigenvalue weighted by Crippen LogP contribution is -2.32. The summed E-state index contributed by atoms with van der Waals surface area (Å²) in [4.78, 5) is 12.3. The van der Waals surface area contributed by atoms with Crippen molar-refractivity contribution in [2.45, 2.75) is 25.9 Å². The molecule has 118 valence electrons. The number of nitriles is 1. The summed E-state index contributed by atoms with van der Waals surface area (Å²) in [5, 5.41) is 12.1. The van der Waals surface area contributed by atoms with Crippen molar-refractivity contribution in [2.24, 2.45) is 0 Å². The summed E-state index contributed by atoms with van der Waals surface area (Å²) in [5.41, 5.74) is 1.59. The number of benzene rings is 2. The zero-order valence-corrected chi connectivity index (χ0v) is 13.5. The van der Waals surface area contributed by atoms with Crippen molar-refractivity contribution >= 4 is 23.2 Å². The summed E-state index contributed by atoms with van der Waals surface area (Å²) in [6, 6.07) is 16.2. The minimum atomic E-state index is -0.588. The topological polar surface area (TPSA) is 62.1 Å². The minimum absolute atomic E-state index is 0.213. The van der Waals surface area contributed by atoms with Crippen LogP contribution in [0.3, 0.4) is 0 Å². The average Bonchev–Trinajstić information content (AvgIpc) is 2.56. The maximum absolute atomic E-state index is 12.3. The van der Waals surface area contributed by atoms with Gasteiger partial charge in [0.1, 0.15) is 5.75 Å². The molecule has 2 aromatic carbocycles. The normalized spacial score (nSPS) is 11.3. The molecule has 0 spiro atoms. The molecular formula is C18H17ClN2O2. The van der Waals surface area contributed by atoms with E-state index in [-0.39, 0.29) is 5.91 Å². The number of hydrogen-bond donors (Lipinski definition) is 1. The van der Waals surface area contributed by atoms with Crippen LogP contribution in [0.5, 0.6) is 5.75 Å². The van der Waals surface area contributed by atoms with E-state index in [0.29, 0.717) is 29.3 Å². The zero-order chi connectivity index (χ0) is 16.7. The molecule has 1 atom stereocenters. The van der Waals surface area contributed by atoms with Gasteiger partial charge in [0.2, 0.25) is 0 Å². The van der Waals surface area contributed by atoms with Gasteiger partial charge in [-0.15, -0.1) is 0 Å². The molecule has 0 aliphatic heterocycles. The Hall–Kier alpha value is -2.51. The standard InChI is InChI=1S/C18H17ClN2O2/c1-2-17(23-16-9-5-14(19)6-10-16)18(22)21-15-7-3-13(4-8-15)11-12-20/h3-10,17H,2,11H2,1H3,(H,21,22)/t17-/m0/s1. The fraction of sp³-hybridized carbons (Fsp3) is 0.222. The van der Waals surface area contributed by atoms with Gasteiger partial charge in [0.15, 0.2) is 6.10 Å². The Morgan fingerprint density at radius 1 is 1.22 bits per heavy atom. The van der Waals surface area contributed by atoms with E-state index in [2.05, 4.69) is 11.4 Å². The highest BCUT2D eigenvalue weighted by molar-refractivity contribution is 6.30. The third-order valence-corrected chi connectivity index (χ3v) is 3.51. The zero-order valence-electron chi connectivity index (χ0n) is 12.8. The molecule has 0 heterocycles. The van der Waals surface area contributed by atoms with Crippen LogP contribution < -0.4 is 10.1 Å². The van der Waals surface area contributed by atoms with Crippen LogP contribution >= 0.6 is 11.6 Å². The first-order valence-electron chi connectivity index (χ1n) is 7.31. The number of amides is 1. The van der Waals surface area contributed by atoms with Gasteiger partial charge in [-0.3, -0.25) is 4.79 Å². The molecule has 5 heteroatoms. The number of anilines is 1. The number of nitrogens with zero attached hydrogens (tertiary/aromatic N) is 1. The highest BCUT2D eigenvalue weighted by Gasteiger charge is 2.18. The van der Waals surface area contributed by atoms with Gasteiger partial charge in [-0.25, -0.2) is 0 Å². The van der Waals surface area contributed by atoms with Crippen LogP contribution in [0, 0.1) is 11.3 Å². The number of carbonyl (C=O) groups is 1. The Bertz CT molecular complexity index is 690. The predicted molar refractivity (Wildman–Crippen MR) is 90.5 cm³/mol. The predicted octanol–water partition coefficient (Wildman–Crippen LogP) is 4.20. The first-order valence-corrected chi connectivity index (χ1v) is 7.69. The molecule has 2 aromatic rings. The van der Waals surface area contributed by atoms with Crippen molar-refractivity contribution in [3.05, 3.63) is 59.1 Å². The third kappa shape index (κ3) is 5.01. The van der Waals surface area contributed by atoms with Gasteiger partial charge < -0.3 is 10.1 Å². The van der Waals surface area contributed by atoms with Gasteiger partial charge in [0, 0.05) is 10.7 Å². The van der Waals surface area contributed by atoms with E-state index in [4.69, 9.17) is 21.6 Å². The molecule has 4 nitrogen and oxygen atoms in total. The monoisotopic (exact) mass is 328 g/mol. The lowest BCUT2D eigenvalue weighted by atomic mass is 10.1. The van der Waals surface area contributed by atoms with Gasteiger partial charge in [0.05, 0.1) is 12.5 Å². The Kier molecular flexibility index (Phi) is 6.02. The molecule has 0 radical (unpaired) electrons. The number of hydrogen-bond acceptors (Lipinski definition) is 3. The van der Waals surface area contributed by atoms with Crippen LogP contribution in [0.1, 0.15) is 18.9 Å². The molecular weight excluding hydrogens is 312 g/mol. The van der Waals surface area contributed by atoms with Crippen LogP contribution in [0.15, 0.2) is 48.5 Å². The summed E-state index contributed by atoms with van der Waals surface area (Å²) < 4.78 is 5.70. The summed E-state index contributed by atoms with van der Waals surface area (Å²) >= 11 is 5.83. The van der Waals surface area contributed by atoms with Crippen molar-refractivity contribution in [3.63, 3.8) is 0 Å². The molecule has 1 N–H and O–H groups in total. The molecule has 0 saturated heterocycles. The quantitative estimate of drug-likeness (QED) is 0.864. The van der Waals surface area contributed by atoms with E-state index < -0.39 is 6.10 Å².